The van der Waals surface area contributed by atoms with Crippen LogP contribution in [0.3, 0.4) is 0 Å². The first kappa shape index (κ1) is 11.5. The number of nitrogens with two attached hydrogens (primary N) is 1. The van der Waals surface area contributed by atoms with E-state index in [2.05, 4.69) is 10.1 Å². The van der Waals surface area contributed by atoms with Gasteiger partial charge >= 0.3 is 0 Å². The van der Waals surface area contributed by atoms with E-state index in [1.807, 2.05) is 36.0 Å². The van der Waals surface area contributed by atoms with E-state index < -0.39 is 0 Å². The summed E-state index contributed by atoms with van der Waals surface area (Å²) in [7, 11) is 1.92. The van der Waals surface area contributed by atoms with Crippen molar-refractivity contribution in [3.8, 4) is 0 Å². The minimum atomic E-state index is 0.0994. The molecule has 6 heteroatoms. The van der Waals surface area contributed by atoms with Crippen LogP contribution >= 0.6 is 11.8 Å². The maximum Gasteiger partial charge on any atom is 0.172 e. The molecule has 5 nitrogen and oxygen atoms in total. The first-order valence-corrected chi connectivity index (χ1v) is 5.76. The second-order valence-corrected chi connectivity index (χ2v) is 4.41. The van der Waals surface area contributed by atoms with E-state index in [-0.39, 0.29) is 5.84 Å². The van der Waals surface area contributed by atoms with Crippen LogP contribution in [-0.2, 0) is 7.05 Å². The topological polar surface area (TPSA) is 76.4 Å². The van der Waals surface area contributed by atoms with Crippen LogP contribution in [0.25, 0.3) is 0 Å². The number of hydrogen-bond donors (Lipinski definition) is 2. The van der Waals surface area contributed by atoms with Crippen LogP contribution in [0.1, 0.15) is 5.56 Å². The number of amidine groups is 1. The second kappa shape index (κ2) is 4.92. The third-order valence-electron chi connectivity index (χ3n) is 2.25. The summed E-state index contributed by atoms with van der Waals surface area (Å²) < 4.78 is 1.91. The van der Waals surface area contributed by atoms with Crippen molar-refractivity contribution in [1.29, 1.82) is 0 Å². The van der Waals surface area contributed by atoms with Crippen molar-refractivity contribution in [2.45, 2.75) is 10.1 Å². The lowest BCUT2D eigenvalue weighted by Gasteiger charge is -2.07. The molecule has 0 amide bonds. The molecule has 2 aromatic rings. The van der Waals surface area contributed by atoms with E-state index >= 15 is 0 Å². The van der Waals surface area contributed by atoms with Gasteiger partial charge in [-0.1, -0.05) is 35.1 Å². The van der Waals surface area contributed by atoms with Gasteiger partial charge < -0.3 is 15.5 Å². The summed E-state index contributed by atoms with van der Waals surface area (Å²) >= 11 is 1.47. The summed E-state index contributed by atoms with van der Waals surface area (Å²) in [6.07, 6.45) is 3.60. The van der Waals surface area contributed by atoms with Crippen molar-refractivity contribution in [2.24, 2.45) is 17.9 Å². The standard InChI is InChI=1S/C11H12N4OS/c1-15-7-6-13-11(15)17-9-5-3-2-4-8(9)10(12)14-16/h2-7,16H,1H3,(H2,12,14). The Morgan fingerprint density at radius 2 is 2.24 bits per heavy atom. The molecule has 0 aliphatic rings. The highest BCUT2D eigenvalue weighted by molar-refractivity contribution is 7.99. The van der Waals surface area contributed by atoms with Gasteiger partial charge in [-0.3, -0.25) is 0 Å². The molecule has 0 saturated carbocycles. The summed E-state index contributed by atoms with van der Waals surface area (Å²) in [4.78, 5) is 5.12. The summed E-state index contributed by atoms with van der Waals surface area (Å²) in [5, 5.41) is 12.6. The van der Waals surface area contributed by atoms with E-state index in [1.165, 1.54) is 11.8 Å². The minimum Gasteiger partial charge on any atom is -0.409 e. The molecule has 1 heterocycles. The summed E-state index contributed by atoms with van der Waals surface area (Å²) in [5.74, 6) is 0.0994. The Balaban J connectivity index is 2.36. The fraction of sp³-hybridized carbons (Fsp3) is 0.0909. The number of nitrogens with zero attached hydrogens (tertiary/aromatic N) is 3. The van der Waals surface area contributed by atoms with Gasteiger partial charge in [0.15, 0.2) is 11.0 Å². The lowest BCUT2D eigenvalue weighted by atomic mass is 10.2. The molecule has 0 bridgehead atoms. The Hall–Kier alpha value is -1.95. The van der Waals surface area contributed by atoms with E-state index in [9.17, 15) is 0 Å². The molecule has 17 heavy (non-hydrogen) atoms. The predicted molar refractivity (Wildman–Crippen MR) is 66.3 cm³/mol. The largest absolute Gasteiger partial charge is 0.409 e. The molecular weight excluding hydrogens is 236 g/mol. The molecular formula is C11H12N4OS. The molecule has 88 valence electrons. The minimum absolute atomic E-state index is 0.0994. The average molecular weight is 248 g/mol. The van der Waals surface area contributed by atoms with Crippen molar-refractivity contribution in [2.75, 3.05) is 0 Å². The van der Waals surface area contributed by atoms with Gasteiger partial charge in [0, 0.05) is 29.9 Å². The number of aryl methyl sites for hydroxylation is 1. The van der Waals surface area contributed by atoms with Crippen molar-refractivity contribution in [3.05, 3.63) is 42.2 Å². The summed E-state index contributed by atoms with van der Waals surface area (Å²) in [6, 6.07) is 7.46. The smallest absolute Gasteiger partial charge is 0.172 e. The SMILES string of the molecule is Cn1ccnc1Sc1ccccc1/C(N)=N/O. The highest BCUT2D eigenvalue weighted by Crippen LogP contribution is 2.28. The summed E-state index contributed by atoms with van der Waals surface area (Å²) in [6.45, 7) is 0. The number of imidazole rings is 1. The van der Waals surface area contributed by atoms with Crippen molar-refractivity contribution >= 4 is 17.6 Å². The van der Waals surface area contributed by atoms with Gasteiger partial charge in [0.05, 0.1) is 0 Å². The van der Waals surface area contributed by atoms with Crippen LogP contribution in [0.2, 0.25) is 0 Å². The number of rotatable bonds is 3. The number of oxime groups is 1. The van der Waals surface area contributed by atoms with Gasteiger partial charge in [-0.15, -0.1) is 0 Å². The Bertz CT molecular complexity index is 550. The molecule has 0 radical (unpaired) electrons. The molecule has 3 N–H and O–H groups in total. The molecule has 0 atom stereocenters. The molecule has 0 aliphatic carbocycles. The fourth-order valence-corrected chi connectivity index (χ4v) is 2.31. The molecule has 0 spiro atoms. The molecule has 1 aromatic carbocycles. The normalized spacial score (nSPS) is 11.7. The molecule has 0 fully saturated rings. The van der Waals surface area contributed by atoms with Crippen LogP contribution < -0.4 is 5.73 Å². The van der Waals surface area contributed by atoms with Crippen LogP contribution in [0, 0.1) is 0 Å². The zero-order valence-corrected chi connectivity index (χ0v) is 10.1. The monoisotopic (exact) mass is 248 g/mol. The molecule has 1 aromatic heterocycles. The highest BCUT2D eigenvalue weighted by Gasteiger charge is 2.09. The Morgan fingerprint density at radius 3 is 2.88 bits per heavy atom. The van der Waals surface area contributed by atoms with Gasteiger partial charge in [-0.05, 0) is 6.07 Å². The van der Waals surface area contributed by atoms with Crippen molar-refractivity contribution < 1.29 is 5.21 Å². The third-order valence-corrected chi connectivity index (χ3v) is 3.40. The van der Waals surface area contributed by atoms with Crippen LogP contribution in [-0.4, -0.2) is 20.6 Å². The van der Waals surface area contributed by atoms with Crippen molar-refractivity contribution in [3.63, 3.8) is 0 Å². The second-order valence-electron chi connectivity index (χ2n) is 3.40. The van der Waals surface area contributed by atoms with E-state index in [1.54, 1.807) is 12.3 Å². The zero-order chi connectivity index (χ0) is 12.3. The Labute approximate surface area is 103 Å². The number of aromatic nitrogens is 2. The summed E-state index contributed by atoms with van der Waals surface area (Å²) in [5.41, 5.74) is 6.32. The van der Waals surface area contributed by atoms with E-state index in [4.69, 9.17) is 10.9 Å². The maximum absolute atomic E-state index is 8.73. The lowest BCUT2D eigenvalue weighted by Crippen LogP contribution is -2.14. The molecule has 0 aliphatic heterocycles. The first-order valence-electron chi connectivity index (χ1n) is 4.94. The van der Waals surface area contributed by atoms with Crippen LogP contribution in [0.4, 0.5) is 0 Å². The molecule has 0 saturated heterocycles. The third kappa shape index (κ3) is 2.42. The lowest BCUT2D eigenvalue weighted by molar-refractivity contribution is 0.318. The predicted octanol–water partition coefficient (Wildman–Crippen LogP) is 1.67. The quantitative estimate of drug-likeness (QED) is 0.375. The van der Waals surface area contributed by atoms with Gasteiger partial charge in [0.2, 0.25) is 0 Å². The zero-order valence-electron chi connectivity index (χ0n) is 9.24. The van der Waals surface area contributed by atoms with Crippen LogP contribution in [0.5, 0.6) is 0 Å². The van der Waals surface area contributed by atoms with E-state index in [0.29, 0.717) is 5.56 Å². The number of benzene rings is 1. The first-order chi connectivity index (χ1) is 8.22. The molecule has 0 unspecified atom stereocenters. The Morgan fingerprint density at radius 1 is 1.47 bits per heavy atom. The van der Waals surface area contributed by atoms with Crippen molar-refractivity contribution in [1.82, 2.24) is 9.55 Å². The van der Waals surface area contributed by atoms with E-state index in [0.717, 1.165) is 10.1 Å². The number of hydrogen-bond acceptors (Lipinski definition) is 4. The maximum atomic E-state index is 8.73. The highest BCUT2D eigenvalue weighted by atomic mass is 32.2. The van der Waals surface area contributed by atoms with Gasteiger partial charge in [-0.2, -0.15) is 0 Å². The Kier molecular flexibility index (Phi) is 3.34. The van der Waals surface area contributed by atoms with Gasteiger partial charge in [0.25, 0.3) is 0 Å². The fourth-order valence-electron chi connectivity index (χ4n) is 1.37. The van der Waals surface area contributed by atoms with Gasteiger partial charge in [0.1, 0.15) is 0 Å². The molecule has 2 rings (SSSR count). The average Bonchev–Trinajstić information content (AvgIpc) is 2.75. The van der Waals surface area contributed by atoms with Gasteiger partial charge in [-0.25, -0.2) is 4.98 Å². The van der Waals surface area contributed by atoms with Crippen LogP contribution in [0.15, 0.2) is 51.9 Å².